The Balaban J connectivity index is 4.34. The fraction of sp³-hybridized carbons (Fsp3) is 0.787. The third-order valence-electron chi connectivity index (χ3n) is 12.5. The molecule has 6 heteroatoms. The fourth-order valence-electron chi connectivity index (χ4n) is 8.19. The van der Waals surface area contributed by atoms with Crippen molar-refractivity contribution in [3.8, 4) is 0 Å². The zero-order valence-electron chi connectivity index (χ0n) is 44.4. The van der Waals surface area contributed by atoms with Crippen LogP contribution < -0.4 is 0 Å². The first-order chi connectivity index (χ1) is 33.0. The van der Waals surface area contributed by atoms with Crippen molar-refractivity contribution in [3.63, 3.8) is 0 Å². The summed E-state index contributed by atoms with van der Waals surface area (Å²) in [5.74, 6) is -0.882. The van der Waals surface area contributed by atoms with Crippen LogP contribution in [0.1, 0.15) is 290 Å². The Morgan fingerprint density at radius 3 is 0.940 bits per heavy atom. The van der Waals surface area contributed by atoms with Gasteiger partial charge in [0.25, 0.3) is 0 Å². The number of allylic oxidation sites excluding steroid dienone is 10. The largest absolute Gasteiger partial charge is 0.462 e. The molecule has 0 bridgehead atoms. The van der Waals surface area contributed by atoms with Gasteiger partial charge in [0.1, 0.15) is 13.2 Å². The van der Waals surface area contributed by atoms with Crippen molar-refractivity contribution < 1.29 is 28.6 Å². The smallest absolute Gasteiger partial charge is 0.306 e. The van der Waals surface area contributed by atoms with E-state index in [9.17, 15) is 14.4 Å². The molecule has 1 unspecified atom stereocenters. The molecule has 0 aromatic rings. The van der Waals surface area contributed by atoms with E-state index in [0.29, 0.717) is 19.3 Å². The number of hydrogen-bond acceptors (Lipinski definition) is 6. The average Bonchev–Trinajstić information content (AvgIpc) is 3.33. The van der Waals surface area contributed by atoms with Crippen LogP contribution in [0.15, 0.2) is 60.8 Å². The van der Waals surface area contributed by atoms with E-state index in [2.05, 4.69) is 81.5 Å². The molecule has 0 amide bonds. The van der Waals surface area contributed by atoms with Crippen LogP contribution in [-0.4, -0.2) is 37.2 Å². The minimum atomic E-state index is -0.778. The van der Waals surface area contributed by atoms with E-state index in [1.165, 1.54) is 154 Å². The molecule has 0 aromatic heterocycles. The van der Waals surface area contributed by atoms with Gasteiger partial charge in [-0.3, -0.25) is 14.4 Å². The van der Waals surface area contributed by atoms with Gasteiger partial charge in [-0.25, -0.2) is 0 Å². The number of ether oxygens (including phenoxy) is 3. The van der Waals surface area contributed by atoms with Crippen molar-refractivity contribution in [1.29, 1.82) is 0 Å². The van der Waals surface area contributed by atoms with Gasteiger partial charge in [-0.2, -0.15) is 0 Å². The summed E-state index contributed by atoms with van der Waals surface area (Å²) in [6, 6.07) is 0. The Morgan fingerprint density at radius 2 is 0.582 bits per heavy atom. The first-order valence-corrected chi connectivity index (χ1v) is 28.8. The van der Waals surface area contributed by atoms with Gasteiger partial charge in [0.05, 0.1) is 0 Å². The van der Waals surface area contributed by atoms with Crippen molar-refractivity contribution in [2.75, 3.05) is 13.2 Å². The van der Waals surface area contributed by atoms with Crippen LogP contribution >= 0.6 is 0 Å². The van der Waals surface area contributed by atoms with Crippen LogP contribution in [0.25, 0.3) is 0 Å². The van der Waals surface area contributed by atoms with Gasteiger partial charge < -0.3 is 14.2 Å². The molecule has 0 saturated heterocycles. The van der Waals surface area contributed by atoms with E-state index in [-0.39, 0.29) is 31.1 Å². The molecule has 0 aromatic carbocycles. The van der Waals surface area contributed by atoms with Gasteiger partial charge >= 0.3 is 17.9 Å². The van der Waals surface area contributed by atoms with Crippen LogP contribution in [0.5, 0.6) is 0 Å². The SMILES string of the molecule is CC/C=C\C/C=C\C/C=C\C/C=C\CCCCCCCCCCC(=O)OCC(COC(=O)CCCCCCC/C=C\CCCCCC)OC(=O)CCCCCCCCCCCCCCCCC. The molecule has 0 saturated carbocycles. The van der Waals surface area contributed by atoms with Crippen molar-refractivity contribution >= 4 is 17.9 Å². The van der Waals surface area contributed by atoms with Crippen LogP contribution in [0.3, 0.4) is 0 Å². The van der Waals surface area contributed by atoms with Gasteiger partial charge in [-0.05, 0) is 83.5 Å². The fourth-order valence-corrected chi connectivity index (χ4v) is 8.19. The minimum absolute atomic E-state index is 0.0784. The molecule has 0 fully saturated rings. The molecule has 0 radical (unpaired) electrons. The summed E-state index contributed by atoms with van der Waals surface area (Å²) in [6.45, 7) is 6.53. The first kappa shape index (κ1) is 64.1. The lowest BCUT2D eigenvalue weighted by Crippen LogP contribution is -2.30. The first-order valence-electron chi connectivity index (χ1n) is 28.8. The van der Waals surface area contributed by atoms with E-state index in [4.69, 9.17) is 14.2 Å². The van der Waals surface area contributed by atoms with Crippen molar-refractivity contribution in [2.45, 2.75) is 297 Å². The highest BCUT2D eigenvalue weighted by atomic mass is 16.6. The molecular weight excluding hydrogens is 829 g/mol. The lowest BCUT2D eigenvalue weighted by atomic mass is 10.0. The molecule has 0 aliphatic rings. The lowest BCUT2D eigenvalue weighted by Gasteiger charge is -2.18. The summed E-state index contributed by atoms with van der Waals surface area (Å²) < 4.78 is 16.9. The molecule has 0 spiro atoms. The maximum atomic E-state index is 12.8. The van der Waals surface area contributed by atoms with Crippen LogP contribution in [0.2, 0.25) is 0 Å². The van der Waals surface area contributed by atoms with Gasteiger partial charge in [0, 0.05) is 19.3 Å². The number of hydrogen-bond donors (Lipinski definition) is 0. The second-order valence-electron chi connectivity index (χ2n) is 19.2. The second-order valence-corrected chi connectivity index (χ2v) is 19.2. The summed E-state index contributed by atoms with van der Waals surface area (Å²) in [4.78, 5) is 38.1. The van der Waals surface area contributed by atoms with Gasteiger partial charge in [0.15, 0.2) is 6.10 Å². The summed E-state index contributed by atoms with van der Waals surface area (Å²) in [6.07, 6.45) is 69.2. The maximum absolute atomic E-state index is 12.8. The maximum Gasteiger partial charge on any atom is 0.306 e. The number of unbranched alkanes of at least 4 members (excludes halogenated alkanes) is 31. The average molecular weight is 938 g/mol. The van der Waals surface area contributed by atoms with Crippen LogP contribution in [-0.2, 0) is 28.6 Å². The summed E-state index contributed by atoms with van der Waals surface area (Å²) in [7, 11) is 0. The van der Waals surface area contributed by atoms with Gasteiger partial charge in [-0.15, -0.1) is 0 Å². The second kappa shape index (κ2) is 55.7. The predicted molar refractivity (Wildman–Crippen MR) is 288 cm³/mol. The van der Waals surface area contributed by atoms with Gasteiger partial charge in [0.2, 0.25) is 0 Å². The van der Waals surface area contributed by atoms with Crippen molar-refractivity contribution in [2.24, 2.45) is 0 Å². The van der Waals surface area contributed by atoms with Crippen LogP contribution in [0.4, 0.5) is 0 Å². The van der Waals surface area contributed by atoms with E-state index in [1.807, 2.05) is 0 Å². The molecular formula is C61H108O6. The van der Waals surface area contributed by atoms with Gasteiger partial charge in [-0.1, -0.05) is 248 Å². The molecule has 0 N–H and O–H groups in total. The van der Waals surface area contributed by atoms with E-state index < -0.39 is 6.10 Å². The number of rotatable bonds is 52. The number of carbonyl (C=O) groups is 3. The summed E-state index contributed by atoms with van der Waals surface area (Å²) in [5.41, 5.74) is 0. The Morgan fingerprint density at radius 1 is 0.313 bits per heavy atom. The highest BCUT2D eigenvalue weighted by Crippen LogP contribution is 2.16. The van der Waals surface area contributed by atoms with E-state index >= 15 is 0 Å². The Labute approximate surface area is 415 Å². The third-order valence-corrected chi connectivity index (χ3v) is 12.5. The Bertz CT molecular complexity index is 1210. The molecule has 67 heavy (non-hydrogen) atoms. The molecule has 0 rings (SSSR count). The summed E-state index contributed by atoms with van der Waals surface area (Å²) in [5, 5.41) is 0. The molecule has 1 atom stereocenters. The minimum Gasteiger partial charge on any atom is -0.462 e. The Kier molecular flexibility index (Phi) is 53.3. The molecule has 0 aliphatic carbocycles. The molecule has 0 aliphatic heterocycles. The lowest BCUT2D eigenvalue weighted by molar-refractivity contribution is -0.167. The molecule has 0 heterocycles. The summed E-state index contributed by atoms with van der Waals surface area (Å²) >= 11 is 0. The van der Waals surface area contributed by atoms with Crippen molar-refractivity contribution in [3.05, 3.63) is 60.8 Å². The van der Waals surface area contributed by atoms with Crippen molar-refractivity contribution in [1.82, 2.24) is 0 Å². The normalized spacial score (nSPS) is 12.5. The zero-order chi connectivity index (χ0) is 48.6. The monoisotopic (exact) mass is 937 g/mol. The predicted octanol–water partition coefficient (Wildman–Crippen LogP) is 19.2. The third kappa shape index (κ3) is 53.9. The van der Waals surface area contributed by atoms with E-state index in [1.54, 1.807) is 0 Å². The zero-order valence-corrected chi connectivity index (χ0v) is 44.4. The number of esters is 3. The molecule has 6 nitrogen and oxygen atoms in total. The molecule has 388 valence electrons. The Hall–Kier alpha value is -2.89. The topological polar surface area (TPSA) is 78.9 Å². The highest BCUT2D eigenvalue weighted by molar-refractivity contribution is 5.71. The number of carbonyl (C=O) groups excluding carboxylic acids is 3. The van der Waals surface area contributed by atoms with Crippen LogP contribution in [0, 0.1) is 0 Å². The highest BCUT2D eigenvalue weighted by Gasteiger charge is 2.19. The van der Waals surface area contributed by atoms with E-state index in [0.717, 1.165) is 96.3 Å². The standard InChI is InChI=1S/C61H108O6/c1-4-7-10-13-16-19-22-25-27-28-29-30-31-32-34-36-39-42-45-48-51-54-60(63)66-57-58(56-65-59(62)53-50-47-44-41-38-35-24-21-18-15-12-9-6-3)67-61(64)55-52-49-46-43-40-37-33-26-23-20-17-14-11-8-5-2/h7,10,16,19,21,24-25,27,29-30,58H,4-6,8-9,11-15,17-18,20,22-23,26,28,31-57H2,1-3H3/b10-7-,19-16-,24-21-,27-25-,30-29-. The quantitative estimate of drug-likeness (QED) is 0.0262.